The van der Waals surface area contributed by atoms with Crippen LogP contribution in [-0.2, 0) is 10.0 Å². The first-order valence-electron chi connectivity index (χ1n) is 6.66. The Bertz CT molecular complexity index is 830. The van der Waals surface area contributed by atoms with E-state index < -0.39 is 10.0 Å². The molecule has 0 N–H and O–H groups in total. The molecule has 2 aromatic carbocycles. The van der Waals surface area contributed by atoms with Gasteiger partial charge in [-0.1, -0.05) is 17.7 Å². The Hall–Kier alpha value is -1.86. The van der Waals surface area contributed by atoms with Crippen molar-refractivity contribution >= 4 is 32.2 Å². The van der Waals surface area contributed by atoms with Gasteiger partial charge in [-0.3, -0.25) is 0 Å². The van der Waals surface area contributed by atoms with Gasteiger partial charge in [-0.25, -0.2) is 0 Å². The predicted molar refractivity (Wildman–Crippen MR) is 93.2 cm³/mol. The number of sulfonamides is 1. The maximum Gasteiger partial charge on any atom is 0.282 e. The molecule has 0 radical (unpaired) electrons. The average Bonchev–Trinajstić information content (AvgIpc) is 2.52. The highest BCUT2D eigenvalue weighted by atomic mass is 79.9. The molecule has 0 aromatic heterocycles. The first kappa shape index (κ1) is 17.5. The number of hydrogen-bond acceptors (Lipinski definition) is 4. The minimum atomic E-state index is -3.74. The van der Waals surface area contributed by atoms with E-state index in [9.17, 15) is 8.42 Å². The standard InChI is InChI=1S/C16H16BrNO4S/c1-11-4-6-13(7-5-11)23(19,20)18-10-12-8-14(17)16(22-3)15(9-12)21-2/h4-10H,1-3H3/b18-10-. The molecule has 5 nitrogen and oxygen atoms in total. The maximum absolute atomic E-state index is 12.2. The summed E-state index contributed by atoms with van der Waals surface area (Å²) in [5.41, 5.74) is 1.56. The smallest absolute Gasteiger partial charge is 0.282 e. The number of aryl methyl sites for hydroxylation is 1. The number of halogens is 1. The third-order valence-corrected chi connectivity index (χ3v) is 4.96. The highest BCUT2D eigenvalue weighted by Crippen LogP contribution is 2.35. The first-order chi connectivity index (χ1) is 10.9. The highest BCUT2D eigenvalue weighted by Gasteiger charge is 2.13. The minimum Gasteiger partial charge on any atom is -0.493 e. The summed E-state index contributed by atoms with van der Waals surface area (Å²) < 4.78 is 39.2. The van der Waals surface area contributed by atoms with Gasteiger partial charge >= 0.3 is 0 Å². The molecule has 0 spiro atoms. The normalized spacial score (nSPS) is 11.7. The van der Waals surface area contributed by atoms with E-state index in [2.05, 4.69) is 20.3 Å². The number of methoxy groups -OCH3 is 2. The SMILES string of the molecule is COc1cc(/C=N\S(=O)(=O)c2ccc(C)cc2)cc(Br)c1OC. The largest absolute Gasteiger partial charge is 0.493 e. The van der Waals surface area contributed by atoms with Crippen LogP contribution in [0.5, 0.6) is 11.5 Å². The molecule has 23 heavy (non-hydrogen) atoms. The summed E-state index contributed by atoms with van der Waals surface area (Å²) in [6, 6.07) is 9.89. The van der Waals surface area contributed by atoms with E-state index >= 15 is 0 Å². The quantitative estimate of drug-likeness (QED) is 0.723. The Morgan fingerprint density at radius 1 is 1.09 bits per heavy atom. The maximum atomic E-state index is 12.2. The van der Waals surface area contributed by atoms with Crippen LogP contribution in [0.2, 0.25) is 0 Å². The molecular formula is C16H16BrNO4S. The van der Waals surface area contributed by atoms with Crippen molar-refractivity contribution in [3.05, 3.63) is 52.0 Å². The Balaban J connectivity index is 2.36. The van der Waals surface area contributed by atoms with Gasteiger partial charge in [0, 0.05) is 6.21 Å². The lowest BCUT2D eigenvalue weighted by Gasteiger charge is -2.10. The molecule has 0 bridgehead atoms. The third kappa shape index (κ3) is 4.11. The van der Waals surface area contributed by atoms with Crippen molar-refractivity contribution in [1.29, 1.82) is 0 Å². The van der Waals surface area contributed by atoms with E-state index in [-0.39, 0.29) is 4.90 Å². The van der Waals surface area contributed by atoms with Crippen LogP contribution in [0, 0.1) is 6.92 Å². The molecule has 0 aliphatic heterocycles. The number of ether oxygens (including phenoxy) is 2. The molecule has 7 heteroatoms. The Morgan fingerprint density at radius 3 is 2.30 bits per heavy atom. The fourth-order valence-electron chi connectivity index (χ4n) is 1.91. The zero-order chi connectivity index (χ0) is 17.0. The van der Waals surface area contributed by atoms with Crippen molar-refractivity contribution in [3.63, 3.8) is 0 Å². The summed E-state index contributed by atoms with van der Waals surface area (Å²) in [7, 11) is -0.707. The number of hydrogen-bond donors (Lipinski definition) is 0. The Labute approximate surface area is 144 Å². The molecule has 0 aliphatic rings. The fourth-order valence-corrected chi connectivity index (χ4v) is 3.40. The molecule has 2 aromatic rings. The second kappa shape index (κ2) is 7.14. The van der Waals surface area contributed by atoms with Crippen molar-refractivity contribution < 1.29 is 17.9 Å². The molecule has 0 saturated heterocycles. The summed E-state index contributed by atoms with van der Waals surface area (Å²) in [6.07, 6.45) is 1.28. The van der Waals surface area contributed by atoms with Gasteiger partial charge < -0.3 is 9.47 Å². The van der Waals surface area contributed by atoms with Crippen LogP contribution < -0.4 is 9.47 Å². The van der Waals surface area contributed by atoms with E-state index in [0.717, 1.165) is 5.56 Å². The molecule has 2 rings (SSSR count). The highest BCUT2D eigenvalue weighted by molar-refractivity contribution is 9.10. The monoisotopic (exact) mass is 397 g/mol. The zero-order valence-corrected chi connectivity index (χ0v) is 15.3. The van der Waals surface area contributed by atoms with Crippen LogP contribution in [-0.4, -0.2) is 28.9 Å². The summed E-state index contributed by atoms with van der Waals surface area (Å²) in [5, 5.41) is 0. The van der Waals surface area contributed by atoms with Crippen molar-refractivity contribution in [2.45, 2.75) is 11.8 Å². The van der Waals surface area contributed by atoms with E-state index in [4.69, 9.17) is 9.47 Å². The lowest BCUT2D eigenvalue weighted by molar-refractivity contribution is 0.353. The molecule has 0 fully saturated rings. The first-order valence-corrected chi connectivity index (χ1v) is 8.89. The second-order valence-electron chi connectivity index (χ2n) is 4.76. The third-order valence-electron chi connectivity index (χ3n) is 3.12. The summed E-state index contributed by atoms with van der Waals surface area (Å²) in [6.45, 7) is 1.89. The molecule has 0 saturated carbocycles. The summed E-state index contributed by atoms with van der Waals surface area (Å²) in [4.78, 5) is 0.152. The van der Waals surface area contributed by atoms with E-state index in [1.807, 2.05) is 6.92 Å². The second-order valence-corrected chi connectivity index (χ2v) is 7.25. The van der Waals surface area contributed by atoms with Gasteiger partial charge in [-0.2, -0.15) is 12.8 Å². The van der Waals surface area contributed by atoms with Crippen LogP contribution in [0.25, 0.3) is 0 Å². The fraction of sp³-hybridized carbons (Fsp3) is 0.188. The average molecular weight is 398 g/mol. The number of benzene rings is 2. The van der Waals surface area contributed by atoms with Gasteiger partial charge in [0.2, 0.25) is 0 Å². The van der Waals surface area contributed by atoms with Crippen LogP contribution in [0.4, 0.5) is 0 Å². The molecule has 122 valence electrons. The molecular weight excluding hydrogens is 382 g/mol. The van der Waals surface area contributed by atoms with Gasteiger partial charge in [-0.15, -0.1) is 0 Å². The van der Waals surface area contributed by atoms with Gasteiger partial charge in [0.05, 0.1) is 23.6 Å². The van der Waals surface area contributed by atoms with Crippen molar-refractivity contribution in [1.82, 2.24) is 0 Å². The summed E-state index contributed by atoms with van der Waals surface area (Å²) >= 11 is 3.36. The van der Waals surface area contributed by atoms with Crippen molar-refractivity contribution in [2.24, 2.45) is 4.40 Å². The van der Waals surface area contributed by atoms with Crippen LogP contribution in [0.1, 0.15) is 11.1 Å². The number of rotatable bonds is 5. The Morgan fingerprint density at radius 2 is 1.74 bits per heavy atom. The lowest BCUT2D eigenvalue weighted by Crippen LogP contribution is -1.99. The number of nitrogens with zero attached hydrogens (tertiary/aromatic N) is 1. The molecule has 0 atom stereocenters. The van der Waals surface area contributed by atoms with Crippen LogP contribution >= 0.6 is 15.9 Å². The molecule has 0 amide bonds. The summed E-state index contributed by atoms with van der Waals surface area (Å²) in [5.74, 6) is 1.02. The predicted octanol–water partition coefficient (Wildman–Crippen LogP) is 3.58. The van der Waals surface area contributed by atoms with Gasteiger partial charge in [-0.05, 0) is 52.7 Å². The molecule has 0 aliphatic carbocycles. The lowest BCUT2D eigenvalue weighted by atomic mass is 10.2. The van der Waals surface area contributed by atoms with Crippen LogP contribution in [0.15, 0.2) is 50.2 Å². The van der Waals surface area contributed by atoms with Gasteiger partial charge in [0.25, 0.3) is 10.0 Å². The van der Waals surface area contributed by atoms with Gasteiger partial charge in [0.15, 0.2) is 11.5 Å². The van der Waals surface area contributed by atoms with E-state index in [1.54, 1.807) is 24.3 Å². The minimum absolute atomic E-state index is 0.152. The van der Waals surface area contributed by atoms with E-state index in [1.165, 1.54) is 32.6 Å². The topological polar surface area (TPSA) is 65.0 Å². The van der Waals surface area contributed by atoms with Crippen molar-refractivity contribution in [3.8, 4) is 11.5 Å². The zero-order valence-electron chi connectivity index (χ0n) is 12.9. The van der Waals surface area contributed by atoms with Gasteiger partial charge in [0.1, 0.15) is 0 Å². The van der Waals surface area contributed by atoms with Crippen molar-refractivity contribution in [2.75, 3.05) is 14.2 Å². The molecule has 0 unspecified atom stereocenters. The Kier molecular flexibility index (Phi) is 5.43. The van der Waals surface area contributed by atoms with E-state index in [0.29, 0.717) is 21.5 Å². The van der Waals surface area contributed by atoms with Crippen LogP contribution in [0.3, 0.4) is 0 Å². The molecule has 0 heterocycles.